The van der Waals surface area contributed by atoms with Crippen LogP contribution in [0.4, 0.5) is 11.4 Å². The molecule has 0 atom stereocenters. The SMILES string of the molecule is CCOc1ccc(N(Cc2cccnc2)N(Cc2cnco2)c2ccc(OCC)c(OCC)c2)cc1OC. The Morgan fingerprint density at radius 3 is 1.92 bits per heavy atom. The van der Waals surface area contributed by atoms with E-state index in [2.05, 4.69) is 20.0 Å². The smallest absolute Gasteiger partial charge is 0.180 e. The summed E-state index contributed by atoms with van der Waals surface area (Å²) in [6.45, 7) is 8.39. The van der Waals surface area contributed by atoms with Gasteiger partial charge >= 0.3 is 0 Å². The first kappa shape index (κ1) is 26.7. The first-order valence-corrected chi connectivity index (χ1v) is 12.7. The molecule has 0 spiro atoms. The van der Waals surface area contributed by atoms with Gasteiger partial charge in [-0.15, -0.1) is 0 Å². The fourth-order valence-corrected chi connectivity index (χ4v) is 4.06. The van der Waals surface area contributed by atoms with Crippen molar-refractivity contribution in [1.82, 2.24) is 9.97 Å². The minimum absolute atomic E-state index is 0.412. The number of methoxy groups -OCH3 is 1. The second-order valence-electron chi connectivity index (χ2n) is 8.21. The van der Waals surface area contributed by atoms with E-state index in [9.17, 15) is 0 Å². The van der Waals surface area contributed by atoms with Gasteiger partial charge < -0.3 is 23.4 Å². The van der Waals surface area contributed by atoms with Gasteiger partial charge in [-0.1, -0.05) is 6.07 Å². The molecule has 0 amide bonds. The molecule has 9 heteroatoms. The highest BCUT2D eigenvalue weighted by Gasteiger charge is 2.23. The number of oxazole rings is 1. The third-order valence-electron chi connectivity index (χ3n) is 5.71. The van der Waals surface area contributed by atoms with Crippen LogP contribution in [0.1, 0.15) is 32.1 Å². The van der Waals surface area contributed by atoms with Crippen LogP contribution in [0.3, 0.4) is 0 Å². The second-order valence-corrected chi connectivity index (χ2v) is 8.21. The molecule has 0 saturated heterocycles. The Labute approximate surface area is 223 Å². The van der Waals surface area contributed by atoms with Crippen molar-refractivity contribution in [3.63, 3.8) is 0 Å². The minimum Gasteiger partial charge on any atom is -0.493 e. The molecule has 0 fully saturated rings. The number of hydrazine groups is 1. The number of pyridine rings is 1. The van der Waals surface area contributed by atoms with Crippen LogP contribution in [0.5, 0.6) is 23.0 Å². The summed E-state index contributed by atoms with van der Waals surface area (Å²) < 4.78 is 28.9. The predicted octanol–water partition coefficient (Wildman–Crippen LogP) is 5.90. The van der Waals surface area contributed by atoms with Gasteiger partial charge in [0, 0.05) is 24.5 Å². The lowest BCUT2D eigenvalue weighted by Crippen LogP contribution is -2.42. The molecule has 0 aliphatic carbocycles. The number of anilines is 2. The summed E-state index contributed by atoms with van der Waals surface area (Å²) in [5, 5.41) is 4.25. The van der Waals surface area contributed by atoms with E-state index in [1.807, 2.05) is 75.5 Å². The average molecular weight is 519 g/mol. The highest BCUT2D eigenvalue weighted by molar-refractivity contribution is 5.64. The zero-order valence-electron chi connectivity index (χ0n) is 22.3. The molecule has 0 bridgehead atoms. The zero-order valence-corrected chi connectivity index (χ0v) is 22.3. The van der Waals surface area contributed by atoms with Crippen LogP contribution in [0, 0.1) is 0 Å². The van der Waals surface area contributed by atoms with E-state index in [0.717, 1.165) is 16.9 Å². The van der Waals surface area contributed by atoms with E-state index in [1.165, 1.54) is 6.39 Å². The van der Waals surface area contributed by atoms with Gasteiger partial charge in [0.2, 0.25) is 0 Å². The van der Waals surface area contributed by atoms with Gasteiger partial charge in [-0.05, 0) is 56.7 Å². The Bertz CT molecular complexity index is 1270. The Morgan fingerprint density at radius 2 is 1.34 bits per heavy atom. The molecule has 2 heterocycles. The molecule has 0 radical (unpaired) electrons. The number of nitrogens with zero attached hydrogens (tertiary/aromatic N) is 4. The van der Waals surface area contributed by atoms with Crippen LogP contribution in [-0.4, -0.2) is 36.9 Å². The van der Waals surface area contributed by atoms with Gasteiger partial charge in [0.15, 0.2) is 29.4 Å². The highest BCUT2D eigenvalue weighted by Crippen LogP contribution is 2.37. The summed E-state index contributed by atoms with van der Waals surface area (Å²) in [5.74, 6) is 3.38. The van der Waals surface area contributed by atoms with Crippen molar-refractivity contribution in [3.8, 4) is 23.0 Å². The average Bonchev–Trinajstić information content (AvgIpc) is 3.46. The molecule has 0 aliphatic rings. The first-order chi connectivity index (χ1) is 18.7. The fourth-order valence-electron chi connectivity index (χ4n) is 4.06. The second kappa shape index (κ2) is 13.2. The molecule has 0 aliphatic heterocycles. The molecule has 38 heavy (non-hydrogen) atoms. The molecule has 0 saturated carbocycles. The van der Waals surface area contributed by atoms with Crippen LogP contribution in [0.15, 0.2) is 77.9 Å². The van der Waals surface area contributed by atoms with Crippen LogP contribution < -0.4 is 29.0 Å². The first-order valence-electron chi connectivity index (χ1n) is 12.7. The largest absolute Gasteiger partial charge is 0.493 e. The van der Waals surface area contributed by atoms with E-state index in [4.69, 9.17) is 23.4 Å². The standard InChI is InChI=1S/C29H34N4O5/c1-5-35-26-12-10-23(15-28(26)34-4)32(19-22-9-8-14-30-17-22)33(20-25-18-31-21-38-25)24-11-13-27(36-6-2)29(16-24)37-7-3/h8-18,21H,5-7,19-20H2,1-4H3. The van der Waals surface area contributed by atoms with Crippen LogP contribution in [-0.2, 0) is 13.1 Å². The van der Waals surface area contributed by atoms with Crippen molar-refractivity contribution in [2.45, 2.75) is 33.9 Å². The molecular weight excluding hydrogens is 484 g/mol. The third kappa shape index (κ3) is 6.47. The van der Waals surface area contributed by atoms with Crippen molar-refractivity contribution in [2.24, 2.45) is 0 Å². The third-order valence-corrected chi connectivity index (χ3v) is 5.71. The van der Waals surface area contributed by atoms with E-state index in [0.29, 0.717) is 61.7 Å². The topological polar surface area (TPSA) is 82.3 Å². The molecular formula is C29H34N4O5. The van der Waals surface area contributed by atoms with Gasteiger partial charge in [-0.3, -0.25) is 15.0 Å². The summed E-state index contributed by atoms with van der Waals surface area (Å²) in [5.41, 5.74) is 2.80. The lowest BCUT2D eigenvalue weighted by Gasteiger charge is -2.38. The maximum Gasteiger partial charge on any atom is 0.180 e. The maximum atomic E-state index is 5.95. The monoisotopic (exact) mass is 518 g/mol. The Kier molecular flexibility index (Phi) is 9.28. The summed E-state index contributed by atoms with van der Waals surface area (Å²) in [6, 6.07) is 15.8. The van der Waals surface area contributed by atoms with Gasteiger partial charge in [-0.25, -0.2) is 4.98 Å². The predicted molar refractivity (Wildman–Crippen MR) is 146 cm³/mol. The molecule has 200 valence electrons. The number of benzene rings is 2. The number of ether oxygens (including phenoxy) is 4. The minimum atomic E-state index is 0.412. The van der Waals surface area contributed by atoms with Crippen molar-refractivity contribution in [3.05, 3.63) is 84.8 Å². The number of rotatable bonds is 14. The lowest BCUT2D eigenvalue weighted by atomic mass is 10.2. The van der Waals surface area contributed by atoms with Gasteiger partial charge in [0.05, 0.1) is 57.6 Å². The number of hydrogen-bond acceptors (Lipinski definition) is 9. The normalized spacial score (nSPS) is 10.6. The lowest BCUT2D eigenvalue weighted by molar-refractivity contribution is 0.288. The number of aromatic nitrogens is 2. The summed E-state index contributed by atoms with van der Waals surface area (Å²) in [4.78, 5) is 8.45. The van der Waals surface area contributed by atoms with E-state index in [-0.39, 0.29) is 0 Å². The molecule has 4 rings (SSSR count). The van der Waals surface area contributed by atoms with Crippen LogP contribution in [0.25, 0.3) is 0 Å². The van der Waals surface area contributed by atoms with Crippen molar-refractivity contribution >= 4 is 11.4 Å². The Hall–Kier alpha value is -4.40. The molecule has 0 N–H and O–H groups in total. The molecule has 9 nitrogen and oxygen atoms in total. The molecule has 0 unspecified atom stereocenters. The number of hydrogen-bond donors (Lipinski definition) is 0. The molecule has 2 aromatic heterocycles. The van der Waals surface area contributed by atoms with Gasteiger partial charge in [0.25, 0.3) is 0 Å². The van der Waals surface area contributed by atoms with Crippen LogP contribution in [0.2, 0.25) is 0 Å². The summed E-state index contributed by atoms with van der Waals surface area (Å²) in [7, 11) is 1.64. The summed E-state index contributed by atoms with van der Waals surface area (Å²) >= 11 is 0. The van der Waals surface area contributed by atoms with E-state index in [1.54, 1.807) is 19.5 Å². The van der Waals surface area contributed by atoms with E-state index < -0.39 is 0 Å². The Morgan fingerprint density at radius 1 is 0.711 bits per heavy atom. The zero-order chi connectivity index (χ0) is 26.7. The van der Waals surface area contributed by atoms with Gasteiger partial charge in [0.1, 0.15) is 5.76 Å². The van der Waals surface area contributed by atoms with Crippen molar-refractivity contribution in [2.75, 3.05) is 36.9 Å². The quantitative estimate of drug-likeness (QED) is 0.189. The van der Waals surface area contributed by atoms with Crippen molar-refractivity contribution in [1.29, 1.82) is 0 Å². The molecule has 2 aromatic carbocycles. The highest BCUT2D eigenvalue weighted by atomic mass is 16.5. The van der Waals surface area contributed by atoms with Gasteiger partial charge in [-0.2, -0.15) is 0 Å². The maximum absolute atomic E-state index is 5.95. The van der Waals surface area contributed by atoms with Crippen molar-refractivity contribution < 1.29 is 23.4 Å². The molecule has 4 aromatic rings. The van der Waals surface area contributed by atoms with Crippen LogP contribution >= 0.6 is 0 Å². The fraction of sp³-hybridized carbons (Fsp3) is 0.310. The summed E-state index contributed by atoms with van der Waals surface area (Å²) in [6.07, 6.45) is 6.77. The van der Waals surface area contributed by atoms with E-state index >= 15 is 0 Å². The Balaban J connectivity index is 1.84.